The van der Waals surface area contributed by atoms with E-state index in [-0.39, 0.29) is 11.9 Å². The van der Waals surface area contributed by atoms with Crippen molar-refractivity contribution in [3.05, 3.63) is 35.4 Å². The van der Waals surface area contributed by atoms with Crippen molar-refractivity contribution >= 4 is 11.9 Å². The molecular weight excluding hydrogens is 266 g/mol. The van der Waals surface area contributed by atoms with Crippen LogP contribution in [0.5, 0.6) is 0 Å². The molecule has 0 radical (unpaired) electrons. The first-order valence-corrected chi connectivity index (χ1v) is 7.54. The van der Waals surface area contributed by atoms with Crippen LogP contribution in [-0.2, 0) is 4.74 Å². The molecule has 0 spiro atoms. The lowest BCUT2D eigenvalue weighted by Gasteiger charge is -2.28. The minimum Gasteiger partial charge on any atom is -0.465 e. The van der Waals surface area contributed by atoms with Crippen LogP contribution in [0.4, 0.5) is 0 Å². The van der Waals surface area contributed by atoms with Gasteiger partial charge in [-0.2, -0.15) is 0 Å². The van der Waals surface area contributed by atoms with Crippen molar-refractivity contribution < 1.29 is 14.3 Å². The van der Waals surface area contributed by atoms with Crippen LogP contribution >= 0.6 is 0 Å². The molecule has 0 aliphatic carbocycles. The molecule has 1 unspecified atom stereocenters. The van der Waals surface area contributed by atoms with E-state index in [0.717, 1.165) is 25.8 Å². The van der Waals surface area contributed by atoms with Crippen molar-refractivity contribution in [2.24, 2.45) is 0 Å². The van der Waals surface area contributed by atoms with E-state index in [9.17, 15) is 9.59 Å². The number of ether oxygens (including phenoxy) is 1. The van der Waals surface area contributed by atoms with Crippen LogP contribution in [0.2, 0.25) is 0 Å². The van der Waals surface area contributed by atoms with Gasteiger partial charge in [-0.3, -0.25) is 4.79 Å². The summed E-state index contributed by atoms with van der Waals surface area (Å²) in [6.45, 7) is 7.03. The van der Waals surface area contributed by atoms with Gasteiger partial charge in [0.1, 0.15) is 0 Å². The molecule has 0 fully saturated rings. The number of methoxy groups -OCH3 is 1. The maximum atomic E-state index is 12.6. The van der Waals surface area contributed by atoms with Crippen LogP contribution < -0.4 is 0 Å². The van der Waals surface area contributed by atoms with Crippen molar-refractivity contribution in [2.45, 2.75) is 46.1 Å². The summed E-state index contributed by atoms with van der Waals surface area (Å²) in [7, 11) is 1.34. The van der Waals surface area contributed by atoms with Gasteiger partial charge in [-0.1, -0.05) is 20.3 Å². The van der Waals surface area contributed by atoms with E-state index in [0.29, 0.717) is 11.1 Å². The average Bonchev–Trinajstić information content (AvgIpc) is 2.53. The van der Waals surface area contributed by atoms with Crippen LogP contribution in [0.15, 0.2) is 24.3 Å². The number of unbranched alkanes of at least 4 members (excludes halogenated alkanes) is 1. The van der Waals surface area contributed by atoms with Gasteiger partial charge in [0.25, 0.3) is 5.91 Å². The van der Waals surface area contributed by atoms with Crippen molar-refractivity contribution in [1.82, 2.24) is 4.90 Å². The lowest BCUT2D eigenvalue weighted by molar-refractivity contribution is 0.0598. The molecule has 0 bridgehead atoms. The van der Waals surface area contributed by atoms with Crippen molar-refractivity contribution in [3.63, 3.8) is 0 Å². The molecule has 4 heteroatoms. The smallest absolute Gasteiger partial charge is 0.337 e. The second kappa shape index (κ2) is 8.45. The molecule has 0 aliphatic heterocycles. The first-order chi connectivity index (χ1) is 10.0. The highest BCUT2D eigenvalue weighted by Crippen LogP contribution is 2.13. The van der Waals surface area contributed by atoms with Gasteiger partial charge in [0.2, 0.25) is 0 Å². The number of benzene rings is 1. The van der Waals surface area contributed by atoms with Gasteiger partial charge in [-0.15, -0.1) is 0 Å². The summed E-state index contributed by atoms with van der Waals surface area (Å²) in [6.07, 6.45) is 2.98. The molecule has 1 atom stereocenters. The summed E-state index contributed by atoms with van der Waals surface area (Å²) in [6, 6.07) is 6.86. The summed E-state index contributed by atoms with van der Waals surface area (Å²) < 4.78 is 4.66. The molecule has 1 aromatic rings. The molecular formula is C17H25NO3. The van der Waals surface area contributed by atoms with E-state index < -0.39 is 5.97 Å². The molecule has 0 saturated carbocycles. The zero-order chi connectivity index (χ0) is 15.8. The predicted octanol–water partition coefficient (Wildman–Crippen LogP) is 3.51. The van der Waals surface area contributed by atoms with Crippen LogP contribution in [-0.4, -0.2) is 36.5 Å². The fraction of sp³-hybridized carbons (Fsp3) is 0.529. The number of amides is 1. The first-order valence-electron chi connectivity index (χ1n) is 7.54. The van der Waals surface area contributed by atoms with Crippen LogP contribution in [0.1, 0.15) is 60.7 Å². The standard InChI is InChI=1S/C17H25NO3/c1-5-7-12-18(13(3)6-2)16(19)14-8-10-15(11-9-14)17(20)21-4/h8-11,13H,5-7,12H2,1-4H3. The maximum Gasteiger partial charge on any atom is 0.337 e. The van der Waals surface area contributed by atoms with Crippen LogP contribution in [0, 0.1) is 0 Å². The third kappa shape index (κ3) is 4.59. The number of rotatable bonds is 7. The van der Waals surface area contributed by atoms with E-state index in [1.807, 2.05) is 4.90 Å². The molecule has 4 nitrogen and oxygen atoms in total. The quantitative estimate of drug-likeness (QED) is 0.722. The Balaban J connectivity index is 2.90. The van der Waals surface area contributed by atoms with E-state index in [1.54, 1.807) is 24.3 Å². The molecule has 0 N–H and O–H groups in total. The third-order valence-electron chi connectivity index (χ3n) is 3.69. The zero-order valence-corrected chi connectivity index (χ0v) is 13.4. The molecule has 0 aliphatic rings. The average molecular weight is 291 g/mol. The summed E-state index contributed by atoms with van der Waals surface area (Å²) in [5.41, 5.74) is 1.07. The SMILES string of the molecule is CCCCN(C(=O)c1ccc(C(=O)OC)cc1)C(C)CC. The second-order valence-corrected chi connectivity index (χ2v) is 5.18. The predicted molar refractivity (Wildman–Crippen MR) is 83.5 cm³/mol. The number of nitrogens with zero attached hydrogens (tertiary/aromatic N) is 1. The Morgan fingerprint density at radius 2 is 1.71 bits per heavy atom. The Labute approximate surface area is 127 Å². The van der Waals surface area contributed by atoms with E-state index in [2.05, 4.69) is 25.5 Å². The molecule has 1 amide bonds. The Kier molecular flexibility index (Phi) is 6.92. The molecule has 116 valence electrons. The number of carbonyl (C=O) groups is 2. The Bertz CT molecular complexity index is 467. The zero-order valence-electron chi connectivity index (χ0n) is 13.4. The molecule has 0 aromatic heterocycles. The number of esters is 1. The molecule has 21 heavy (non-hydrogen) atoms. The highest BCUT2D eigenvalue weighted by molar-refractivity contribution is 5.96. The molecule has 1 rings (SSSR count). The van der Waals surface area contributed by atoms with E-state index in [4.69, 9.17) is 0 Å². The topological polar surface area (TPSA) is 46.6 Å². The van der Waals surface area contributed by atoms with Gasteiger partial charge in [0.05, 0.1) is 12.7 Å². The number of carbonyl (C=O) groups excluding carboxylic acids is 2. The fourth-order valence-corrected chi connectivity index (χ4v) is 2.10. The molecule has 0 heterocycles. The minimum atomic E-state index is -0.390. The van der Waals surface area contributed by atoms with Crippen molar-refractivity contribution in [3.8, 4) is 0 Å². The monoisotopic (exact) mass is 291 g/mol. The summed E-state index contributed by atoms with van der Waals surface area (Å²) in [5.74, 6) is -0.368. The largest absolute Gasteiger partial charge is 0.465 e. The van der Waals surface area contributed by atoms with Gasteiger partial charge < -0.3 is 9.64 Å². The van der Waals surface area contributed by atoms with Gasteiger partial charge in [0.15, 0.2) is 0 Å². The highest BCUT2D eigenvalue weighted by atomic mass is 16.5. The van der Waals surface area contributed by atoms with Gasteiger partial charge in [-0.05, 0) is 44.0 Å². The Morgan fingerprint density at radius 1 is 1.14 bits per heavy atom. The van der Waals surface area contributed by atoms with E-state index in [1.165, 1.54) is 7.11 Å². The fourth-order valence-electron chi connectivity index (χ4n) is 2.10. The lowest BCUT2D eigenvalue weighted by atomic mass is 10.1. The van der Waals surface area contributed by atoms with Gasteiger partial charge in [-0.25, -0.2) is 4.79 Å². The van der Waals surface area contributed by atoms with Gasteiger partial charge >= 0.3 is 5.97 Å². The molecule has 1 aromatic carbocycles. The Morgan fingerprint density at radius 3 is 2.19 bits per heavy atom. The summed E-state index contributed by atoms with van der Waals surface area (Å²) in [4.78, 5) is 25.9. The Hall–Kier alpha value is -1.84. The van der Waals surface area contributed by atoms with Crippen LogP contribution in [0.3, 0.4) is 0 Å². The lowest BCUT2D eigenvalue weighted by Crippen LogP contribution is -2.39. The summed E-state index contributed by atoms with van der Waals surface area (Å²) >= 11 is 0. The number of hydrogen-bond donors (Lipinski definition) is 0. The third-order valence-corrected chi connectivity index (χ3v) is 3.69. The highest BCUT2D eigenvalue weighted by Gasteiger charge is 2.20. The van der Waals surface area contributed by atoms with Gasteiger partial charge in [0, 0.05) is 18.2 Å². The summed E-state index contributed by atoms with van der Waals surface area (Å²) in [5, 5.41) is 0. The molecule has 0 saturated heterocycles. The van der Waals surface area contributed by atoms with E-state index >= 15 is 0 Å². The first kappa shape index (κ1) is 17.2. The second-order valence-electron chi connectivity index (χ2n) is 5.18. The number of hydrogen-bond acceptors (Lipinski definition) is 3. The minimum absolute atomic E-state index is 0.0224. The van der Waals surface area contributed by atoms with Crippen LogP contribution in [0.25, 0.3) is 0 Å². The van der Waals surface area contributed by atoms with Crippen molar-refractivity contribution in [2.75, 3.05) is 13.7 Å². The van der Waals surface area contributed by atoms with Crippen molar-refractivity contribution in [1.29, 1.82) is 0 Å². The normalized spacial score (nSPS) is 11.8. The maximum absolute atomic E-state index is 12.6.